The number of nitrogen functional groups attached to an aromatic ring is 2. The zero-order valence-corrected chi connectivity index (χ0v) is 16.2. The van der Waals surface area contributed by atoms with Crippen molar-refractivity contribution in [2.75, 3.05) is 23.9 Å². The van der Waals surface area contributed by atoms with Gasteiger partial charge in [0.25, 0.3) is 0 Å². The highest BCUT2D eigenvalue weighted by Gasteiger charge is 2.33. The molecule has 0 radical (unpaired) electrons. The molecule has 1 unspecified atom stereocenters. The van der Waals surface area contributed by atoms with Crippen molar-refractivity contribution < 1.29 is 4.74 Å². The normalized spacial score (nSPS) is 14.9. The van der Waals surface area contributed by atoms with Gasteiger partial charge in [0.2, 0.25) is 5.96 Å². The van der Waals surface area contributed by atoms with E-state index in [9.17, 15) is 5.26 Å². The van der Waals surface area contributed by atoms with Crippen molar-refractivity contribution in [2.45, 2.75) is 6.04 Å². The molecule has 1 aromatic heterocycles. The predicted molar refractivity (Wildman–Crippen MR) is 105 cm³/mol. The molecule has 0 bridgehead atoms. The van der Waals surface area contributed by atoms with Crippen LogP contribution in [-0.4, -0.2) is 18.1 Å². The van der Waals surface area contributed by atoms with Crippen LogP contribution in [0.3, 0.4) is 0 Å². The number of rotatable bonds is 2. The molecule has 2 aromatic rings. The molecular weight excluding hydrogens is 436 g/mol. The van der Waals surface area contributed by atoms with Crippen molar-refractivity contribution >= 4 is 50.8 Å². The van der Waals surface area contributed by atoms with Crippen LogP contribution in [0, 0.1) is 22.8 Å². The summed E-state index contributed by atoms with van der Waals surface area (Å²) in [6.07, 6.45) is 1.79. The highest BCUT2D eigenvalue weighted by atomic mass is 79.9. The topological polar surface area (TPSA) is 158 Å². The molecule has 0 amide bonds. The van der Waals surface area contributed by atoms with Crippen molar-refractivity contribution in [3.8, 4) is 18.0 Å². The van der Waals surface area contributed by atoms with Gasteiger partial charge in [-0.05, 0) is 28.1 Å². The number of methoxy groups -OCH3 is 1. The summed E-state index contributed by atoms with van der Waals surface area (Å²) in [6.45, 7) is 0. The fourth-order valence-corrected chi connectivity index (χ4v) is 3.56. The summed E-state index contributed by atoms with van der Waals surface area (Å²) in [5, 5.41) is 24.0. The van der Waals surface area contributed by atoms with E-state index in [4.69, 9.17) is 33.1 Å². The third kappa shape index (κ3) is 3.05. The second-order valence-corrected chi connectivity index (χ2v) is 6.64. The Hall–Kier alpha value is -3.21. The van der Waals surface area contributed by atoms with Crippen molar-refractivity contribution in [1.82, 2.24) is 10.3 Å². The van der Waals surface area contributed by atoms with E-state index in [2.05, 4.69) is 36.5 Å². The zero-order chi connectivity index (χ0) is 19.7. The van der Waals surface area contributed by atoms with Gasteiger partial charge in [-0.2, -0.15) is 10.5 Å². The summed E-state index contributed by atoms with van der Waals surface area (Å²) in [5.41, 5.74) is 13.1. The minimum atomic E-state index is -0.794. The number of guanidine groups is 1. The number of benzene rings is 1. The molecule has 0 fully saturated rings. The molecule has 9 nitrogen and oxygen atoms in total. The minimum absolute atomic E-state index is 0.0366. The number of nitrogens with one attached hydrogen (secondary N) is 2. The van der Waals surface area contributed by atoms with Gasteiger partial charge in [0, 0.05) is 11.1 Å². The Morgan fingerprint density at radius 1 is 1.33 bits per heavy atom. The van der Waals surface area contributed by atoms with Gasteiger partial charge in [-0.3, -0.25) is 5.32 Å². The number of aromatic nitrogens is 1. The zero-order valence-electron chi connectivity index (χ0n) is 13.8. The Morgan fingerprint density at radius 2 is 2.07 bits per heavy atom. The quantitative estimate of drug-likeness (QED) is 0.403. The van der Waals surface area contributed by atoms with E-state index in [-0.39, 0.29) is 28.8 Å². The first-order chi connectivity index (χ1) is 12.9. The van der Waals surface area contributed by atoms with Crippen molar-refractivity contribution in [2.24, 2.45) is 4.99 Å². The Labute approximate surface area is 167 Å². The van der Waals surface area contributed by atoms with Crippen molar-refractivity contribution in [3.63, 3.8) is 0 Å². The molecule has 1 aliphatic heterocycles. The van der Waals surface area contributed by atoms with Crippen LogP contribution in [0.25, 0.3) is 0 Å². The molecule has 1 atom stereocenters. The number of halogens is 2. The smallest absolute Gasteiger partial charge is 0.211 e. The van der Waals surface area contributed by atoms with Gasteiger partial charge in [0.15, 0.2) is 6.19 Å². The second-order valence-electron chi connectivity index (χ2n) is 5.38. The van der Waals surface area contributed by atoms with Gasteiger partial charge in [-0.15, -0.1) is 0 Å². The first-order valence-electron chi connectivity index (χ1n) is 7.43. The lowest BCUT2D eigenvalue weighted by Gasteiger charge is -2.27. The summed E-state index contributed by atoms with van der Waals surface area (Å²) in [6, 6.07) is 4.56. The predicted octanol–water partition coefficient (Wildman–Crippen LogP) is 2.48. The van der Waals surface area contributed by atoms with Gasteiger partial charge in [-0.1, -0.05) is 11.6 Å². The first kappa shape index (κ1) is 18.6. The summed E-state index contributed by atoms with van der Waals surface area (Å²) in [7, 11) is 1.49. The summed E-state index contributed by atoms with van der Waals surface area (Å²) >= 11 is 9.85. The third-order valence-electron chi connectivity index (χ3n) is 3.93. The molecule has 0 aliphatic carbocycles. The van der Waals surface area contributed by atoms with Crippen molar-refractivity contribution in [1.29, 1.82) is 10.5 Å². The number of aliphatic imine (C=N–C) groups is 1. The van der Waals surface area contributed by atoms with Crippen LogP contribution in [0.15, 0.2) is 21.6 Å². The van der Waals surface area contributed by atoms with Crippen LogP contribution < -0.4 is 26.8 Å². The number of fused-ring (bicyclic) bond motifs is 1. The fourth-order valence-electron chi connectivity index (χ4n) is 2.80. The largest absolute Gasteiger partial charge is 0.495 e. The number of hydrogen-bond donors (Lipinski definition) is 4. The molecule has 6 N–H and O–H groups in total. The van der Waals surface area contributed by atoms with Crippen LogP contribution in [0.1, 0.15) is 22.7 Å². The van der Waals surface area contributed by atoms with Crippen molar-refractivity contribution in [3.05, 3.63) is 38.3 Å². The Balaban J connectivity index is 2.36. The number of nitrogens with two attached hydrogens (primary N) is 2. The Bertz CT molecular complexity index is 1060. The van der Waals surface area contributed by atoms with Crippen LogP contribution in [0.5, 0.6) is 5.75 Å². The van der Waals surface area contributed by atoms with E-state index in [1.165, 1.54) is 7.11 Å². The number of pyridine rings is 1. The Morgan fingerprint density at radius 3 is 2.70 bits per heavy atom. The van der Waals surface area contributed by atoms with E-state index in [1.807, 2.05) is 6.07 Å². The lowest BCUT2D eigenvalue weighted by atomic mass is 9.94. The maximum atomic E-state index is 9.37. The summed E-state index contributed by atoms with van der Waals surface area (Å²) in [5.74, 6) is 0.796. The highest BCUT2D eigenvalue weighted by molar-refractivity contribution is 9.10. The molecule has 0 saturated carbocycles. The van der Waals surface area contributed by atoms with Gasteiger partial charge in [0.1, 0.15) is 35.1 Å². The van der Waals surface area contributed by atoms with E-state index < -0.39 is 6.04 Å². The SMILES string of the molecule is COc1c(Br)ccc(Cl)c1C1N=C(NC#N)Nc2nc(N)c(C#N)c(N)c21. The maximum absolute atomic E-state index is 9.37. The maximum Gasteiger partial charge on any atom is 0.211 e. The Kier molecular flexibility index (Phi) is 4.95. The average Bonchev–Trinajstić information content (AvgIpc) is 2.63. The van der Waals surface area contributed by atoms with Gasteiger partial charge >= 0.3 is 0 Å². The van der Waals surface area contributed by atoms with E-state index in [0.29, 0.717) is 26.4 Å². The molecular formula is C16H12BrClN8O. The van der Waals surface area contributed by atoms with E-state index in [0.717, 1.165) is 0 Å². The molecule has 1 aromatic carbocycles. The minimum Gasteiger partial charge on any atom is -0.495 e. The monoisotopic (exact) mass is 446 g/mol. The van der Waals surface area contributed by atoms with Crippen LogP contribution >= 0.6 is 27.5 Å². The molecule has 3 rings (SSSR count). The summed E-state index contributed by atoms with van der Waals surface area (Å²) < 4.78 is 6.13. The van der Waals surface area contributed by atoms with E-state index >= 15 is 0 Å². The molecule has 136 valence electrons. The van der Waals surface area contributed by atoms with Gasteiger partial charge < -0.3 is 21.5 Å². The van der Waals surface area contributed by atoms with Crippen LogP contribution in [0.4, 0.5) is 17.3 Å². The highest BCUT2D eigenvalue weighted by Crippen LogP contribution is 2.47. The lowest BCUT2D eigenvalue weighted by Crippen LogP contribution is -2.33. The molecule has 1 aliphatic rings. The lowest BCUT2D eigenvalue weighted by molar-refractivity contribution is 0.405. The first-order valence-corrected chi connectivity index (χ1v) is 8.60. The second kappa shape index (κ2) is 7.19. The third-order valence-corrected chi connectivity index (χ3v) is 4.88. The van der Waals surface area contributed by atoms with Crippen LogP contribution in [0.2, 0.25) is 5.02 Å². The summed E-state index contributed by atoms with van der Waals surface area (Å²) in [4.78, 5) is 8.68. The number of nitrogens with zero attached hydrogens (tertiary/aromatic N) is 4. The van der Waals surface area contributed by atoms with Gasteiger partial charge in [-0.25, -0.2) is 9.98 Å². The number of ether oxygens (including phenoxy) is 1. The standard InChI is InChI=1S/C16H12BrClN8O/c1-27-13-7(17)2-3-8(18)9(13)12-10-11(21)6(4-19)14(22)25-15(10)26-16(24-12)23-5-20/h2-3,12H,1H3,(H6,21,22,23,24,25,26). The molecule has 2 heterocycles. The number of hydrogen-bond acceptors (Lipinski definition) is 9. The van der Waals surface area contributed by atoms with Crippen LogP contribution in [-0.2, 0) is 0 Å². The molecule has 0 saturated heterocycles. The average molecular weight is 448 g/mol. The fraction of sp³-hybridized carbons (Fsp3) is 0.125. The van der Waals surface area contributed by atoms with E-state index in [1.54, 1.807) is 18.3 Å². The van der Waals surface area contributed by atoms with Gasteiger partial charge in [0.05, 0.1) is 22.3 Å². The molecule has 27 heavy (non-hydrogen) atoms. The molecule has 11 heteroatoms. The molecule has 0 spiro atoms. The number of anilines is 3. The number of nitriles is 2.